The zero-order valence-corrected chi connectivity index (χ0v) is 16.7. The van der Waals surface area contributed by atoms with Crippen LogP contribution >= 0.6 is 27.7 Å². The van der Waals surface area contributed by atoms with E-state index in [4.69, 9.17) is 0 Å². The standard InChI is InChI=1S/C17H16BrN3O2S2/c1-12-2-4-13(5-3-12)16-19-17(21-20-16)24-10-11-25(22,23)15-8-6-14(18)7-9-15/h2-9H,10-11H2,1H3,(H,19,20,21). The Bertz CT molecular complexity index is 952. The maximum atomic E-state index is 12.3. The average molecular weight is 438 g/mol. The minimum Gasteiger partial charge on any atom is -0.258 e. The number of nitrogens with one attached hydrogen (secondary N) is 1. The fraction of sp³-hybridized carbons (Fsp3) is 0.176. The van der Waals surface area contributed by atoms with Crippen molar-refractivity contribution in [2.45, 2.75) is 17.0 Å². The van der Waals surface area contributed by atoms with Crippen molar-refractivity contribution >= 4 is 37.5 Å². The zero-order valence-electron chi connectivity index (χ0n) is 13.4. The third kappa shape index (κ3) is 4.71. The Morgan fingerprint density at radius 1 is 1.08 bits per heavy atom. The number of hydrogen-bond donors (Lipinski definition) is 1. The first kappa shape index (κ1) is 18.2. The molecule has 0 radical (unpaired) electrons. The highest BCUT2D eigenvalue weighted by molar-refractivity contribution is 9.10. The van der Waals surface area contributed by atoms with Crippen LogP contribution in [0.2, 0.25) is 0 Å². The highest BCUT2D eigenvalue weighted by atomic mass is 79.9. The molecule has 0 bridgehead atoms. The summed E-state index contributed by atoms with van der Waals surface area (Å²) in [5.41, 5.74) is 2.13. The minimum absolute atomic E-state index is 0.0354. The van der Waals surface area contributed by atoms with Crippen LogP contribution in [0.4, 0.5) is 0 Å². The predicted molar refractivity (Wildman–Crippen MR) is 103 cm³/mol. The number of hydrogen-bond acceptors (Lipinski definition) is 5. The largest absolute Gasteiger partial charge is 0.258 e. The predicted octanol–water partition coefficient (Wildman–Crippen LogP) is 4.11. The summed E-state index contributed by atoms with van der Waals surface area (Å²) in [5, 5.41) is 7.58. The van der Waals surface area contributed by atoms with E-state index >= 15 is 0 Å². The van der Waals surface area contributed by atoms with Gasteiger partial charge < -0.3 is 0 Å². The summed E-state index contributed by atoms with van der Waals surface area (Å²) in [5.74, 6) is 1.11. The Morgan fingerprint density at radius 3 is 2.44 bits per heavy atom. The van der Waals surface area contributed by atoms with Crippen LogP contribution in [0.5, 0.6) is 0 Å². The van der Waals surface area contributed by atoms with Crippen molar-refractivity contribution < 1.29 is 8.42 Å². The molecule has 5 nitrogen and oxygen atoms in total. The van der Waals surface area contributed by atoms with E-state index in [1.165, 1.54) is 17.3 Å². The fourth-order valence-corrected chi connectivity index (χ4v) is 4.86. The van der Waals surface area contributed by atoms with Gasteiger partial charge in [0, 0.05) is 15.8 Å². The van der Waals surface area contributed by atoms with Gasteiger partial charge in [-0.05, 0) is 31.2 Å². The first-order valence-electron chi connectivity index (χ1n) is 7.55. The summed E-state index contributed by atoms with van der Waals surface area (Å²) in [6, 6.07) is 14.6. The lowest BCUT2D eigenvalue weighted by Gasteiger charge is -2.03. The summed E-state index contributed by atoms with van der Waals surface area (Å²) >= 11 is 4.62. The van der Waals surface area contributed by atoms with Crippen molar-refractivity contribution in [1.29, 1.82) is 0 Å². The van der Waals surface area contributed by atoms with Crippen LogP contribution < -0.4 is 0 Å². The molecule has 0 fully saturated rings. The lowest BCUT2D eigenvalue weighted by Crippen LogP contribution is -2.08. The second kappa shape index (κ2) is 7.72. The van der Waals surface area contributed by atoms with Crippen LogP contribution in [0.3, 0.4) is 0 Å². The van der Waals surface area contributed by atoms with E-state index in [2.05, 4.69) is 31.1 Å². The van der Waals surface area contributed by atoms with Crippen LogP contribution in [0.15, 0.2) is 63.1 Å². The van der Waals surface area contributed by atoms with Gasteiger partial charge in [0.15, 0.2) is 15.7 Å². The molecule has 3 aromatic rings. The van der Waals surface area contributed by atoms with Gasteiger partial charge in [-0.25, -0.2) is 13.4 Å². The summed E-state index contributed by atoms with van der Waals surface area (Å²) in [7, 11) is -3.30. The number of nitrogens with zero attached hydrogens (tertiary/aromatic N) is 2. The molecule has 0 amide bonds. The first-order valence-corrected chi connectivity index (χ1v) is 11.0. The molecule has 0 saturated heterocycles. The smallest absolute Gasteiger partial charge is 0.208 e. The molecule has 130 valence electrons. The van der Waals surface area contributed by atoms with Crippen LogP contribution in [0.25, 0.3) is 11.4 Å². The maximum absolute atomic E-state index is 12.3. The Labute approximate surface area is 159 Å². The van der Waals surface area contributed by atoms with Crippen molar-refractivity contribution in [2.24, 2.45) is 0 Å². The van der Waals surface area contributed by atoms with E-state index in [0.717, 1.165) is 10.0 Å². The highest BCUT2D eigenvalue weighted by Crippen LogP contribution is 2.21. The van der Waals surface area contributed by atoms with Gasteiger partial charge in [0.25, 0.3) is 0 Å². The van der Waals surface area contributed by atoms with Gasteiger partial charge in [0.2, 0.25) is 5.16 Å². The Hall–Kier alpha value is -1.64. The maximum Gasteiger partial charge on any atom is 0.208 e. The molecular formula is C17H16BrN3O2S2. The van der Waals surface area contributed by atoms with Gasteiger partial charge in [-0.15, -0.1) is 5.10 Å². The summed E-state index contributed by atoms with van der Waals surface area (Å²) < 4.78 is 25.5. The SMILES string of the molecule is Cc1ccc(-c2nc(SCCS(=O)(=O)c3ccc(Br)cc3)n[nH]2)cc1. The minimum atomic E-state index is -3.30. The van der Waals surface area contributed by atoms with Gasteiger partial charge in [-0.3, -0.25) is 5.10 Å². The number of sulfone groups is 1. The van der Waals surface area contributed by atoms with E-state index in [1.54, 1.807) is 24.3 Å². The second-order valence-corrected chi connectivity index (χ2v) is 9.54. The Morgan fingerprint density at radius 2 is 1.76 bits per heavy atom. The molecule has 0 unspecified atom stereocenters. The van der Waals surface area contributed by atoms with Crippen molar-refractivity contribution in [2.75, 3.05) is 11.5 Å². The average Bonchev–Trinajstić information content (AvgIpc) is 3.04. The van der Waals surface area contributed by atoms with Crippen LogP contribution in [-0.4, -0.2) is 35.1 Å². The van der Waals surface area contributed by atoms with E-state index in [0.29, 0.717) is 21.6 Å². The third-order valence-corrected chi connectivity index (χ3v) is 6.91. The second-order valence-electron chi connectivity index (χ2n) is 5.45. The molecule has 1 aromatic heterocycles. The number of aryl methyl sites for hydroxylation is 1. The van der Waals surface area contributed by atoms with Crippen molar-refractivity contribution in [1.82, 2.24) is 15.2 Å². The molecule has 2 aromatic carbocycles. The molecule has 0 saturated carbocycles. The van der Waals surface area contributed by atoms with Crippen LogP contribution in [-0.2, 0) is 9.84 Å². The molecule has 25 heavy (non-hydrogen) atoms. The van der Waals surface area contributed by atoms with E-state index in [1.807, 2.05) is 31.2 Å². The normalized spacial score (nSPS) is 11.6. The van der Waals surface area contributed by atoms with Crippen molar-refractivity contribution in [3.05, 3.63) is 58.6 Å². The molecule has 0 spiro atoms. The van der Waals surface area contributed by atoms with E-state index < -0.39 is 9.84 Å². The van der Waals surface area contributed by atoms with Crippen molar-refractivity contribution in [3.63, 3.8) is 0 Å². The number of thioether (sulfide) groups is 1. The molecule has 0 atom stereocenters. The lowest BCUT2D eigenvalue weighted by atomic mass is 10.1. The van der Waals surface area contributed by atoms with Gasteiger partial charge in [-0.2, -0.15) is 0 Å². The number of rotatable bonds is 6. The van der Waals surface area contributed by atoms with Gasteiger partial charge in [-0.1, -0.05) is 57.5 Å². The molecule has 3 rings (SSSR count). The molecule has 0 aliphatic heterocycles. The molecule has 0 aliphatic carbocycles. The molecule has 1 heterocycles. The van der Waals surface area contributed by atoms with E-state index in [-0.39, 0.29) is 5.75 Å². The fourth-order valence-electron chi connectivity index (χ4n) is 2.15. The third-order valence-electron chi connectivity index (χ3n) is 3.55. The van der Waals surface area contributed by atoms with Gasteiger partial charge in [0.05, 0.1) is 10.6 Å². The van der Waals surface area contributed by atoms with E-state index in [9.17, 15) is 8.42 Å². The number of H-pyrrole nitrogens is 1. The Balaban J connectivity index is 1.61. The zero-order chi connectivity index (χ0) is 17.9. The Kier molecular flexibility index (Phi) is 5.61. The highest BCUT2D eigenvalue weighted by Gasteiger charge is 2.15. The summed E-state index contributed by atoms with van der Waals surface area (Å²) in [6.45, 7) is 2.03. The summed E-state index contributed by atoms with van der Waals surface area (Å²) in [4.78, 5) is 4.73. The topological polar surface area (TPSA) is 75.7 Å². The van der Waals surface area contributed by atoms with Gasteiger partial charge >= 0.3 is 0 Å². The summed E-state index contributed by atoms with van der Waals surface area (Å²) in [6.07, 6.45) is 0. The monoisotopic (exact) mass is 437 g/mol. The molecular weight excluding hydrogens is 422 g/mol. The first-order chi connectivity index (χ1) is 11.9. The number of aromatic nitrogens is 3. The molecule has 1 N–H and O–H groups in total. The quantitative estimate of drug-likeness (QED) is 0.587. The van der Waals surface area contributed by atoms with Gasteiger partial charge in [0.1, 0.15) is 0 Å². The molecule has 8 heteroatoms. The number of benzene rings is 2. The number of halogens is 1. The van der Waals surface area contributed by atoms with Crippen LogP contribution in [0.1, 0.15) is 5.56 Å². The van der Waals surface area contributed by atoms with Crippen LogP contribution in [0, 0.1) is 6.92 Å². The number of aromatic amines is 1. The molecule has 0 aliphatic rings. The van der Waals surface area contributed by atoms with Crippen molar-refractivity contribution in [3.8, 4) is 11.4 Å². The lowest BCUT2D eigenvalue weighted by molar-refractivity contribution is 0.597.